The van der Waals surface area contributed by atoms with Crippen molar-refractivity contribution < 1.29 is 13.5 Å². The number of hydrogen-bond acceptors (Lipinski definition) is 8. The molecular formula is C22H30F2N6OS. The molecule has 1 aromatic heterocycles. The first-order valence-electron chi connectivity index (χ1n) is 10.3. The minimum Gasteiger partial charge on any atom is -0.496 e. The van der Waals surface area contributed by atoms with Gasteiger partial charge in [0.15, 0.2) is 16.6 Å². The molecule has 10 heteroatoms. The van der Waals surface area contributed by atoms with Crippen molar-refractivity contribution in [1.29, 1.82) is 5.41 Å². The third-order valence-electron chi connectivity index (χ3n) is 5.68. The van der Waals surface area contributed by atoms with Crippen LogP contribution in [0, 0.1) is 17.0 Å². The van der Waals surface area contributed by atoms with E-state index in [9.17, 15) is 4.39 Å². The fourth-order valence-electron chi connectivity index (χ4n) is 4.55. The van der Waals surface area contributed by atoms with Crippen LogP contribution in [0.5, 0.6) is 5.75 Å². The first-order chi connectivity index (χ1) is 14.9. The second kappa shape index (κ2) is 8.74. The number of rotatable bonds is 6. The molecule has 2 heterocycles. The zero-order chi connectivity index (χ0) is 23.8. The third kappa shape index (κ3) is 4.61. The summed E-state index contributed by atoms with van der Waals surface area (Å²) in [6, 6.07) is 1.53. The van der Waals surface area contributed by atoms with Gasteiger partial charge in [-0.3, -0.25) is 0 Å². The first-order valence-corrected chi connectivity index (χ1v) is 11.1. The topological polar surface area (TPSA) is 100 Å². The molecule has 0 bridgehead atoms. The molecule has 0 unspecified atom stereocenters. The molecule has 1 aromatic carbocycles. The van der Waals surface area contributed by atoms with E-state index < -0.39 is 11.6 Å². The Bertz CT molecular complexity index is 1030. The molecule has 0 spiro atoms. The smallest absolute Gasteiger partial charge is 0.208 e. The van der Waals surface area contributed by atoms with Crippen molar-refractivity contribution in [2.45, 2.75) is 57.7 Å². The van der Waals surface area contributed by atoms with Crippen molar-refractivity contribution >= 4 is 28.3 Å². The molecule has 0 saturated carbocycles. The molecule has 1 aliphatic heterocycles. The lowest BCUT2D eigenvalue weighted by atomic mass is 9.79. The van der Waals surface area contributed by atoms with Crippen LogP contribution in [0.25, 0.3) is 16.1 Å². The maximum Gasteiger partial charge on any atom is 0.208 e. The second-order valence-electron chi connectivity index (χ2n) is 9.35. The zero-order valence-electron chi connectivity index (χ0n) is 19.2. The van der Waals surface area contributed by atoms with Gasteiger partial charge in [-0.25, -0.2) is 8.78 Å². The fraction of sp³-hybridized carbons (Fsp3) is 0.500. The van der Waals surface area contributed by atoms with E-state index in [2.05, 4.69) is 48.1 Å². The monoisotopic (exact) mass is 464 g/mol. The number of ether oxygens (including phenoxy) is 1. The van der Waals surface area contributed by atoms with E-state index in [1.165, 1.54) is 24.5 Å². The Balaban J connectivity index is 1.99. The summed E-state index contributed by atoms with van der Waals surface area (Å²) in [5.41, 5.74) is 5.14. The first kappa shape index (κ1) is 24.1. The highest BCUT2D eigenvalue weighted by Crippen LogP contribution is 2.41. The number of allylic oxidation sites excluding steroid dienone is 1. The lowest BCUT2D eigenvalue weighted by Crippen LogP contribution is -2.61. The normalized spacial score (nSPS) is 18.4. The second-order valence-corrected chi connectivity index (χ2v) is 10.3. The van der Waals surface area contributed by atoms with Crippen molar-refractivity contribution in [3.8, 4) is 16.3 Å². The van der Waals surface area contributed by atoms with E-state index >= 15 is 4.39 Å². The molecule has 0 aliphatic carbocycles. The van der Waals surface area contributed by atoms with Crippen LogP contribution in [0.4, 0.5) is 13.9 Å². The minimum absolute atomic E-state index is 0.0417. The summed E-state index contributed by atoms with van der Waals surface area (Å²) in [5, 5.41) is 20.3. The average Bonchev–Trinajstić information content (AvgIpc) is 3.18. The summed E-state index contributed by atoms with van der Waals surface area (Å²) in [5.74, 6) is -2.14. The van der Waals surface area contributed by atoms with Gasteiger partial charge in [0.25, 0.3) is 0 Å². The molecule has 7 nitrogen and oxygen atoms in total. The third-order valence-corrected chi connectivity index (χ3v) is 6.71. The van der Waals surface area contributed by atoms with Crippen LogP contribution in [0.15, 0.2) is 12.3 Å². The van der Waals surface area contributed by atoms with E-state index in [-0.39, 0.29) is 44.6 Å². The van der Waals surface area contributed by atoms with Crippen LogP contribution in [-0.4, -0.2) is 47.7 Å². The molecule has 1 saturated heterocycles. The Morgan fingerprint density at radius 1 is 1.25 bits per heavy atom. The summed E-state index contributed by atoms with van der Waals surface area (Å²) in [4.78, 5) is 2.06. The number of anilines is 1. The van der Waals surface area contributed by atoms with Gasteiger partial charge in [0.2, 0.25) is 5.13 Å². The highest BCUT2D eigenvalue weighted by Gasteiger charge is 2.40. The van der Waals surface area contributed by atoms with Crippen LogP contribution in [0.3, 0.4) is 0 Å². The van der Waals surface area contributed by atoms with E-state index in [0.29, 0.717) is 5.13 Å². The van der Waals surface area contributed by atoms with Crippen molar-refractivity contribution in [2.24, 2.45) is 5.73 Å². The molecule has 0 amide bonds. The molecule has 2 aromatic rings. The van der Waals surface area contributed by atoms with E-state index in [0.717, 1.165) is 25.3 Å². The maximum absolute atomic E-state index is 15.1. The minimum atomic E-state index is -1.12. The van der Waals surface area contributed by atoms with Crippen LogP contribution in [-0.2, 0) is 0 Å². The summed E-state index contributed by atoms with van der Waals surface area (Å²) in [6.07, 6.45) is 3.71. The molecule has 1 aliphatic rings. The van der Waals surface area contributed by atoms with Crippen molar-refractivity contribution in [1.82, 2.24) is 15.5 Å². The van der Waals surface area contributed by atoms with Crippen LogP contribution >= 0.6 is 11.3 Å². The van der Waals surface area contributed by atoms with Gasteiger partial charge in [-0.2, -0.15) is 0 Å². The van der Waals surface area contributed by atoms with Crippen molar-refractivity contribution in [3.63, 3.8) is 0 Å². The molecule has 0 radical (unpaired) electrons. The number of nitrogens with one attached hydrogen (secondary N) is 2. The van der Waals surface area contributed by atoms with Gasteiger partial charge in [-0.1, -0.05) is 11.3 Å². The summed E-state index contributed by atoms with van der Waals surface area (Å²) in [7, 11) is 3.32. The summed E-state index contributed by atoms with van der Waals surface area (Å²) >= 11 is 1.18. The number of piperidine rings is 1. The van der Waals surface area contributed by atoms with Gasteiger partial charge >= 0.3 is 0 Å². The Hall–Kier alpha value is -2.59. The number of halogens is 2. The Labute approximate surface area is 191 Å². The van der Waals surface area contributed by atoms with E-state index in [4.69, 9.17) is 15.9 Å². The Morgan fingerprint density at radius 3 is 2.41 bits per heavy atom. The molecule has 0 atom stereocenters. The van der Waals surface area contributed by atoms with Gasteiger partial charge in [0.05, 0.1) is 12.7 Å². The van der Waals surface area contributed by atoms with Gasteiger partial charge < -0.3 is 26.1 Å². The number of methoxy groups -OCH3 is 1. The van der Waals surface area contributed by atoms with Gasteiger partial charge in [0, 0.05) is 47.7 Å². The molecule has 174 valence electrons. The number of hydrogen-bond donors (Lipinski definition) is 3. The maximum atomic E-state index is 15.1. The standard InChI is InChI=1S/C22H30F2N6OS/c1-21(2)8-13(9-22(3,4)29-21)30(5)20-28-27-19(32-20)16-15(31-6)7-14(12(10-25)11-26)17(23)18(16)24/h7,10-11,13,25,29H,8-9,26H2,1-6H3/b12-11+,25-10?. The highest BCUT2D eigenvalue weighted by atomic mass is 32.1. The van der Waals surface area contributed by atoms with E-state index in [1.807, 2.05) is 7.05 Å². The lowest BCUT2D eigenvalue weighted by Gasteiger charge is -2.48. The van der Waals surface area contributed by atoms with Crippen LogP contribution < -0.4 is 20.7 Å². The van der Waals surface area contributed by atoms with Gasteiger partial charge in [0.1, 0.15) is 5.75 Å². The fourth-order valence-corrected chi connectivity index (χ4v) is 5.47. The van der Waals surface area contributed by atoms with Crippen molar-refractivity contribution in [3.05, 3.63) is 29.5 Å². The largest absolute Gasteiger partial charge is 0.496 e. The Morgan fingerprint density at radius 2 is 1.88 bits per heavy atom. The molecule has 1 fully saturated rings. The zero-order valence-corrected chi connectivity index (χ0v) is 20.0. The predicted molar refractivity (Wildman–Crippen MR) is 125 cm³/mol. The summed E-state index contributed by atoms with van der Waals surface area (Å²) < 4.78 is 35.3. The number of nitrogens with two attached hydrogens (primary N) is 1. The van der Waals surface area contributed by atoms with Crippen LogP contribution in [0.2, 0.25) is 0 Å². The molecule has 32 heavy (non-hydrogen) atoms. The van der Waals surface area contributed by atoms with Gasteiger partial charge in [-0.15, -0.1) is 10.2 Å². The number of benzene rings is 1. The quantitative estimate of drug-likeness (QED) is 0.555. The predicted octanol–water partition coefficient (Wildman–Crippen LogP) is 4.19. The SMILES string of the molecule is COc1cc(/C(C=N)=C/N)c(F)c(F)c1-c1nnc(N(C)C2CC(C)(C)NC(C)(C)C2)s1. The molecule has 3 rings (SSSR count). The van der Waals surface area contributed by atoms with Crippen molar-refractivity contribution in [2.75, 3.05) is 19.1 Å². The van der Waals surface area contributed by atoms with Gasteiger partial charge in [-0.05, 0) is 46.6 Å². The molecular weight excluding hydrogens is 434 g/mol. The Kier molecular flexibility index (Phi) is 6.57. The van der Waals surface area contributed by atoms with Crippen LogP contribution in [0.1, 0.15) is 46.1 Å². The number of aromatic nitrogens is 2. The molecule has 4 N–H and O–H groups in total. The highest BCUT2D eigenvalue weighted by molar-refractivity contribution is 7.18. The number of nitrogens with zero attached hydrogens (tertiary/aromatic N) is 3. The lowest BCUT2D eigenvalue weighted by molar-refractivity contribution is 0.161. The van der Waals surface area contributed by atoms with E-state index in [1.54, 1.807) is 0 Å². The summed E-state index contributed by atoms with van der Waals surface area (Å²) in [6.45, 7) is 8.68. The average molecular weight is 465 g/mol.